The van der Waals surface area contributed by atoms with Gasteiger partial charge in [-0.1, -0.05) is 5.16 Å². The second-order valence-electron chi connectivity index (χ2n) is 9.21. The number of benzene rings is 1. The fourth-order valence-corrected chi connectivity index (χ4v) is 5.45. The third-order valence-electron chi connectivity index (χ3n) is 7.03. The Balaban J connectivity index is 1.22. The first-order valence-electron chi connectivity index (χ1n) is 11.5. The molecule has 1 saturated carbocycles. The molecular formula is C22H26F2N8O. The van der Waals surface area contributed by atoms with E-state index < -0.39 is 11.6 Å². The van der Waals surface area contributed by atoms with E-state index in [0.717, 1.165) is 51.4 Å². The van der Waals surface area contributed by atoms with E-state index in [9.17, 15) is 8.78 Å². The van der Waals surface area contributed by atoms with Crippen LogP contribution >= 0.6 is 0 Å². The Hall–Kier alpha value is -3.24. The third kappa shape index (κ3) is 3.68. The summed E-state index contributed by atoms with van der Waals surface area (Å²) >= 11 is 0. The minimum absolute atomic E-state index is 0.272. The standard InChI is InChI=1S/C22H26F2N8O/c1-13-25-22(33-29-13)30-11-14-4-5-15(12-30)19(14)26-20-27-21-31(8-2-3-9-32(21)28-20)16-6-7-17(23)18(24)10-16/h6-7,10,14-15,19H,2-5,8-9,11-12H2,1H3,(H,26,28)/t14-,15+,19-. The van der Waals surface area contributed by atoms with E-state index in [2.05, 4.69) is 20.4 Å². The highest BCUT2D eigenvalue weighted by Gasteiger charge is 2.44. The molecule has 1 saturated heterocycles. The Morgan fingerprint density at radius 2 is 1.82 bits per heavy atom. The minimum Gasteiger partial charge on any atom is -0.349 e. The van der Waals surface area contributed by atoms with E-state index >= 15 is 0 Å². The van der Waals surface area contributed by atoms with Gasteiger partial charge >= 0.3 is 6.01 Å². The molecule has 3 aromatic rings. The van der Waals surface area contributed by atoms with Crippen LogP contribution in [-0.4, -0.2) is 50.6 Å². The number of aryl methyl sites for hydroxylation is 2. The van der Waals surface area contributed by atoms with Gasteiger partial charge in [-0.05, 0) is 56.6 Å². The molecule has 2 aromatic heterocycles. The van der Waals surface area contributed by atoms with Crippen LogP contribution in [0.4, 0.5) is 32.4 Å². The fraction of sp³-hybridized carbons (Fsp3) is 0.545. The molecule has 3 atom stereocenters. The van der Waals surface area contributed by atoms with Crippen LogP contribution in [-0.2, 0) is 6.54 Å². The normalized spacial score (nSPS) is 24.6. The van der Waals surface area contributed by atoms with E-state index in [1.807, 2.05) is 16.5 Å². The van der Waals surface area contributed by atoms with E-state index in [0.29, 0.717) is 47.8 Å². The van der Waals surface area contributed by atoms with Gasteiger partial charge in [0, 0.05) is 44.0 Å². The van der Waals surface area contributed by atoms with Gasteiger partial charge in [-0.3, -0.25) is 0 Å². The van der Waals surface area contributed by atoms with Crippen LogP contribution < -0.4 is 15.1 Å². The second-order valence-corrected chi connectivity index (χ2v) is 9.21. The van der Waals surface area contributed by atoms with Crippen molar-refractivity contribution in [2.45, 2.75) is 45.2 Å². The van der Waals surface area contributed by atoms with Crippen LogP contribution in [0.2, 0.25) is 0 Å². The van der Waals surface area contributed by atoms with Gasteiger partial charge in [-0.15, -0.1) is 5.10 Å². The van der Waals surface area contributed by atoms with Crippen molar-refractivity contribution in [1.29, 1.82) is 0 Å². The Morgan fingerprint density at radius 1 is 1.03 bits per heavy atom. The molecule has 0 amide bonds. The number of hydrogen-bond donors (Lipinski definition) is 1. The number of aromatic nitrogens is 5. The molecule has 6 rings (SSSR count). The molecule has 0 radical (unpaired) electrons. The maximum absolute atomic E-state index is 13.9. The van der Waals surface area contributed by atoms with Crippen molar-refractivity contribution in [1.82, 2.24) is 24.9 Å². The van der Waals surface area contributed by atoms with E-state index in [-0.39, 0.29) is 6.04 Å². The van der Waals surface area contributed by atoms with Crippen LogP contribution in [0.15, 0.2) is 22.7 Å². The molecule has 2 fully saturated rings. The van der Waals surface area contributed by atoms with E-state index in [1.54, 1.807) is 6.07 Å². The van der Waals surface area contributed by atoms with E-state index in [1.165, 1.54) is 6.07 Å². The molecule has 3 aliphatic rings. The summed E-state index contributed by atoms with van der Waals surface area (Å²) in [5, 5.41) is 12.2. The van der Waals surface area contributed by atoms with Gasteiger partial charge < -0.3 is 19.6 Å². The van der Waals surface area contributed by atoms with Gasteiger partial charge in [0.15, 0.2) is 17.5 Å². The summed E-state index contributed by atoms with van der Waals surface area (Å²) in [6.45, 7) is 4.95. The van der Waals surface area contributed by atoms with Gasteiger partial charge in [0.05, 0.1) is 0 Å². The van der Waals surface area contributed by atoms with Gasteiger partial charge in [0.2, 0.25) is 11.9 Å². The summed E-state index contributed by atoms with van der Waals surface area (Å²) in [6.07, 6.45) is 4.12. The number of fused-ring (bicyclic) bond motifs is 3. The SMILES string of the molecule is Cc1noc(N2C[C@H]3CC[C@@H](C2)[C@@H]3Nc2nc3n(n2)CCCCN3c2ccc(F)c(F)c2)n1. The number of nitrogens with zero attached hydrogens (tertiary/aromatic N) is 7. The number of rotatable bonds is 4. The average molecular weight is 457 g/mol. The van der Waals surface area contributed by atoms with Crippen molar-refractivity contribution in [2.24, 2.45) is 11.8 Å². The molecule has 174 valence electrons. The summed E-state index contributed by atoms with van der Waals surface area (Å²) in [7, 11) is 0. The first kappa shape index (κ1) is 20.4. The number of nitrogens with one attached hydrogen (secondary N) is 1. The Morgan fingerprint density at radius 3 is 2.55 bits per heavy atom. The molecular weight excluding hydrogens is 430 g/mol. The van der Waals surface area contributed by atoms with Crippen molar-refractivity contribution in [3.05, 3.63) is 35.7 Å². The summed E-state index contributed by atoms with van der Waals surface area (Å²) < 4.78 is 34.6. The van der Waals surface area contributed by atoms with Crippen LogP contribution in [0.1, 0.15) is 31.5 Å². The molecule has 0 spiro atoms. The number of halogens is 2. The van der Waals surface area contributed by atoms with Gasteiger partial charge in [-0.2, -0.15) is 9.97 Å². The maximum Gasteiger partial charge on any atom is 0.324 e. The zero-order chi connectivity index (χ0) is 22.5. The predicted molar refractivity (Wildman–Crippen MR) is 117 cm³/mol. The van der Waals surface area contributed by atoms with Crippen LogP contribution in [0.25, 0.3) is 0 Å². The smallest absolute Gasteiger partial charge is 0.324 e. The Kier molecular flexibility index (Phi) is 4.92. The highest BCUT2D eigenvalue weighted by atomic mass is 19.2. The van der Waals surface area contributed by atoms with Gasteiger partial charge in [-0.25, -0.2) is 13.5 Å². The molecule has 33 heavy (non-hydrogen) atoms. The molecule has 4 heterocycles. The average Bonchev–Trinajstić information content (AvgIpc) is 3.42. The highest BCUT2D eigenvalue weighted by molar-refractivity contribution is 5.59. The summed E-state index contributed by atoms with van der Waals surface area (Å²) in [4.78, 5) is 13.3. The molecule has 11 heteroatoms. The number of hydrogen-bond acceptors (Lipinski definition) is 8. The third-order valence-corrected chi connectivity index (χ3v) is 7.03. The maximum atomic E-state index is 13.9. The minimum atomic E-state index is -0.860. The van der Waals surface area contributed by atoms with Crippen molar-refractivity contribution >= 4 is 23.6 Å². The van der Waals surface area contributed by atoms with Gasteiger partial charge in [0.1, 0.15) is 0 Å². The number of piperidine rings is 1. The molecule has 2 bridgehead atoms. The lowest BCUT2D eigenvalue weighted by atomic mass is 9.92. The van der Waals surface area contributed by atoms with Crippen molar-refractivity contribution in [3.8, 4) is 0 Å². The van der Waals surface area contributed by atoms with Crippen molar-refractivity contribution < 1.29 is 13.3 Å². The van der Waals surface area contributed by atoms with Crippen LogP contribution in [0, 0.1) is 30.4 Å². The Bertz CT molecular complexity index is 1150. The molecule has 9 nitrogen and oxygen atoms in total. The lowest BCUT2D eigenvalue weighted by Crippen LogP contribution is -2.48. The van der Waals surface area contributed by atoms with E-state index in [4.69, 9.17) is 14.6 Å². The molecule has 2 aliphatic heterocycles. The Labute approximate surface area is 189 Å². The zero-order valence-electron chi connectivity index (χ0n) is 18.4. The molecule has 1 N–H and O–H groups in total. The lowest BCUT2D eigenvalue weighted by Gasteiger charge is -2.37. The summed E-state index contributed by atoms with van der Waals surface area (Å²) in [5.41, 5.74) is 0.583. The summed E-state index contributed by atoms with van der Waals surface area (Å²) in [5.74, 6) is 1.04. The largest absolute Gasteiger partial charge is 0.349 e. The first-order valence-corrected chi connectivity index (χ1v) is 11.5. The second kappa shape index (κ2) is 7.96. The monoisotopic (exact) mass is 456 g/mol. The topological polar surface area (TPSA) is 88.1 Å². The fourth-order valence-electron chi connectivity index (χ4n) is 5.45. The van der Waals surface area contributed by atoms with Crippen LogP contribution in [0.3, 0.4) is 0 Å². The molecule has 0 unspecified atom stereocenters. The van der Waals surface area contributed by atoms with Crippen molar-refractivity contribution in [2.75, 3.05) is 34.8 Å². The summed E-state index contributed by atoms with van der Waals surface area (Å²) in [6, 6.07) is 4.84. The number of anilines is 4. The quantitative estimate of drug-likeness (QED) is 0.638. The van der Waals surface area contributed by atoms with Crippen LogP contribution in [0.5, 0.6) is 0 Å². The van der Waals surface area contributed by atoms with Crippen molar-refractivity contribution in [3.63, 3.8) is 0 Å². The highest BCUT2D eigenvalue weighted by Crippen LogP contribution is 2.40. The zero-order valence-corrected chi connectivity index (χ0v) is 18.4. The first-order chi connectivity index (χ1) is 16.0. The molecule has 1 aromatic carbocycles. The lowest BCUT2D eigenvalue weighted by molar-refractivity contribution is 0.340. The predicted octanol–water partition coefficient (Wildman–Crippen LogP) is 3.51. The van der Waals surface area contributed by atoms with Gasteiger partial charge in [0.25, 0.3) is 0 Å². The molecule has 1 aliphatic carbocycles.